The molecule has 1 N–H and O–H groups in total. The van der Waals surface area contributed by atoms with E-state index in [0.29, 0.717) is 18.1 Å². The van der Waals surface area contributed by atoms with E-state index in [1.165, 1.54) is 17.5 Å². The molecule has 2 aliphatic rings. The summed E-state index contributed by atoms with van der Waals surface area (Å²) in [4.78, 5) is 15.0. The smallest absolute Gasteiger partial charge is 0.251 e. The average molecular weight is 300 g/mol. The lowest BCUT2D eigenvalue weighted by Gasteiger charge is -2.36. The van der Waals surface area contributed by atoms with E-state index in [9.17, 15) is 4.79 Å². The largest absolute Gasteiger partial charge is 0.349 e. The maximum atomic E-state index is 12.5. The first-order valence-electron chi connectivity index (χ1n) is 7.71. The number of carbonyl (C=O) groups excluding carboxylic acids is 1. The Bertz CT molecular complexity index is 666. The fourth-order valence-electron chi connectivity index (χ4n) is 3.91. The summed E-state index contributed by atoms with van der Waals surface area (Å²) in [6, 6.07) is 9.73. The Morgan fingerprint density at radius 3 is 2.76 bits per heavy atom. The van der Waals surface area contributed by atoms with Crippen LogP contribution in [0.1, 0.15) is 36.0 Å². The number of carbonyl (C=O) groups is 1. The number of hydrogen-bond acceptors (Lipinski definition) is 3. The van der Waals surface area contributed by atoms with Crippen molar-refractivity contribution in [3.8, 4) is 0 Å². The van der Waals surface area contributed by atoms with Crippen molar-refractivity contribution in [3.63, 3.8) is 0 Å². The fourth-order valence-corrected chi connectivity index (χ4v) is 4.68. The number of rotatable bonds is 2. The Labute approximate surface area is 128 Å². The van der Waals surface area contributed by atoms with Crippen LogP contribution in [0.15, 0.2) is 29.6 Å². The summed E-state index contributed by atoms with van der Waals surface area (Å²) >= 11 is 1.72. The second kappa shape index (κ2) is 5.11. The molecule has 4 heteroatoms. The lowest BCUT2D eigenvalue weighted by Crippen LogP contribution is -2.48. The average Bonchev–Trinajstić information content (AvgIpc) is 3.01. The molecule has 1 aromatic heterocycles. The highest BCUT2D eigenvalue weighted by Gasteiger charge is 2.38. The second-order valence-corrected chi connectivity index (χ2v) is 7.31. The first-order chi connectivity index (χ1) is 10.2. The Morgan fingerprint density at radius 2 is 2.00 bits per heavy atom. The molecule has 2 aromatic rings. The van der Waals surface area contributed by atoms with Gasteiger partial charge in [0.15, 0.2) is 0 Å². The van der Waals surface area contributed by atoms with Crippen LogP contribution in [0.5, 0.6) is 0 Å². The minimum Gasteiger partial charge on any atom is -0.349 e. The van der Waals surface area contributed by atoms with E-state index in [1.807, 2.05) is 18.2 Å². The highest BCUT2D eigenvalue weighted by molar-refractivity contribution is 7.17. The minimum atomic E-state index is 0.0806. The highest BCUT2D eigenvalue weighted by Crippen LogP contribution is 2.34. The van der Waals surface area contributed by atoms with Gasteiger partial charge in [0.1, 0.15) is 0 Å². The number of benzene rings is 1. The zero-order valence-corrected chi connectivity index (χ0v) is 13.0. The van der Waals surface area contributed by atoms with E-state index in [0.717, 1.165) is 23.8 Å². The molecule has 0 saturated carbocycles. The fraction of sp³-hybridized carbons (Fsp3) is 0.471. The molecule has 4 rings (SSSR count). The van der Waals surface area contributed by atoms with Gasteiger partial charge in [-0.05, 0) is 67.8 Å². The topological polar surface area (TPSA) is 32.3 Å². The molecule has 21 heavy (non-hydrogen) atoms. The first-order valence-corrected chi connectivity index (χ1v) is 8.59. The van der Waals surface area contributed by atoms with E-state index in [4.69, 9.17) is 0 Å². The van der Waals surface area contributed by atoms with Crippen LogP contribution in [0, 0.1) is 0 Å². The van der Waals surface area contributed by atoms with Gasteiger partial charge in [-0.2, -0.15) is 0 Å². The Balaban J connectivity index is 1.48. The van der Waals surface area contributed by atoms with E-state index in [-0.39, 0.29) is 5.91 Å². The maximum Gasteiger partial charge on any atom is 0.251 e. The van der Waals surface area contributed by atoms with Crippen LogP contribution in [0.2, 0.25) is 0 Å². The molecule has 2 fully saturated rings. The summed E-state index contributed by atoms with van der Waals surface area (Å²) in [6.45, 7) is 0. The number of hydrogen-bond donors (Lipinski definition) is 1. The molecule has 3 atom stereocenters. The van der Waals surface area contributed by atoms with Crippen molar-refractivity contribution in [1.82, 2.24) is 10.2 Å². The molecule has 0 spiro atoms. The van der Waals surface area contributed by atoms with E-state index >= 15 is 0 Å². The number of thiophene rings is 1. The van der Waals surface area contributed by atoms with Crippen LogP contribution in [0.4, 0.5) is 0 Å². The van der Waals surface area contributed by atoms with Crippen molar-refractivity contribution in [2.45, 2.75) is 43.8 Å². The van der Waals surface area contributed by atoms with Gasteiger partial charge in [-0.15, -0.1) is 11.3 Å². The van der Waals surface area contributed by atoms with E-state index < -0.39 is 0 Å². The summed E-state index contributed by atoms with van der Waals surface area (Å²) < 4.78 is 1.24. The monoisotopic (exact) mass is 300 g/mol. The lowest BCUT2D eigenvalue weighted by atomic mass is 9.97. The Kier molecular flexibility index (Phi) is 3.23. The molecular weight excluding hydrogens is 280 g/mol. The molecule has 0 aliphatic carbocycles. The third kappa shape index (κ3) is 2.36. The summed E-state index contributed by atoms with van der Waals surface area (Å²) in [5.41, 5.74) is 0.784. The van der Waals surface area contributed by atoms with Crippen LogP contribution in [0.25, 0.3) is 10.1 Å². The predicted octanol–water partition coefficient (Wildman–Crippen LogP) is 3.26. The predicted molar refractivity (Wildman–Crippen MR) is 86.9 cm³/mol. The number of nitrogens with zero attached hydrogens (tertiary/aromatic N) is 1. The van der Waals surface area contributed by atoms with Gasteiger partial charge in [0.2, 0.25) is 0 Å². The summed E-state index contributed by atoms with van der Waals surface area (Å²) in [5, 5.41) is 6.48. The van der Waals surface area contributed by atoms with Crippen molar-refractivity contribution >= 4 is 27.3 Å². The molecular formula is C17H20N2OS. The molecule has 110 valence electrons. The molecule has 1 amide bonds. The summed E-state index contributed by atoms with van der Waals surface area (Å²) in [5.74, 6) is 0.0806. The van der Waals surface area contributed by atoms with Gasteiger partial charge in [-0.3, -0.25) is 4.79 Å². The van der Waals surface area contributed by atoms with Crippen molar-refractivity contribution in [2.24, 2.45) is 0 Å². The number of amides is 1. The van der Waals surface area contributed by atoms with Crippen molar-refractivity contribution in [1.29, 1.82) is 0 Å². The molecule has 2 saturated heterocycles. The number of nitrogens with one attached hydrogen (secondary N) is 1. The van der Waals surface area contributed by atoms with Gasteiger partial charge in [-0.1, -0.05) is 0 Å². The summed E-state index contributed by atoms with van der Waals surface area (Å²) in [6.07, 6.45) is 4.77. The molecule has 2 aliphatic heterocycles. The van der Waals surface area contributed by atoms with Crippen molar-refractivity contribution in [2.75, 3.05) is 7.05 Å². The van der Waals surface area contributed by atoms with Crippen LogP contribution < -0.4 is 5.32 Å². The van der Waals surface area contributed by atoms with Gasteiger partial charge in [0, 0.05) is 28.4 Å². The van der Waals surface area contributed by atoms with Crippen molar-refractivity contribution in [3.05, 3.63) is 35.2 Å². The normalized spacial score (nSPS) is 28.9. The quantitative estimate of drug-likeness (QED) is 0.923. The van der Waals surface area contributed by atoms with Crippen molar-refractivity contribution < 1.29 is 4.79 Å². The number of fused-ring (bicyclic) bond motifs is 3. The zero-order valence-electron chi connectivity index (χ0n) is 12.2. The van der Waals surface area contributed by atoms with Gasteiger partial charge in [0.25, 0.3) is 5.91 Å². The molecule has 0 radical (unpaired) electrons. The van der Waals surface area contributed by atoms with Gasteiger partial charge >= 0.3 is 0 Å². The second-order valence-electron chi connectivity index (χ2n) is 6.37. The van der Waals surface area contributed by atoms with Crippen LogP contribution in [0.3, 0.4) is 0 Å². The Morgan fingerprint density at radius 1 is 1.24 bits per heavy atom. The standard InChI is InChI=1S/C17H20N2OS/c1-19-14-3-4-15(19)10-13(9-14)18-17(20)12-2-5-16-11(8-12)6-7-21-16/h2,5-8,13-15H,3-4,9-10H2,1H3,(H,18,20)/t13?,14-,15+. The molecule has 2 bridgehead atoms. The highest BCUT2D eigenvalue weighted by atomic mass is 32.1. The van der Waals surface area contributed by atoms with Crippen LogP contribution in [-0.2, 0) is 0 Å². The number of piperidine rings is 1. The van der Waals surface area contributed by atoms with E-state index in [2.05, 4.69) is 28.7 Å². The molecule has 3 nitrogen and oxygen atoms in total. The lowest BCUT2D eigenvalue weighted by molar-refractivity contribution is 0.0882. The SMILES string of the molecule is CN1[C@@H]2CC[C@H]1CC(NC(=O)c1ccc3sccc3c1)C2. The third-order valence-corrected chi connectivity index (χ3v) is 6.05. The Hall–Kier alpha value is -1.39. The van der Waals surface area contributed by atoms with Crippen LogP contribution in [-0.4, -0.2) is 36.0 Å². The third-order valence-electron chi connectivity index (χ3n) is 5.15. The maximum absolute atomic E-state index is 12.5. The van der Waals surface area contributed by atoms with Gasteiger partial charge in [0.05, 0.1) is 0 Å². The first kappa shape index (κ1) is 13.3. The zero-order chi connectivity index (χ0) is 14.4. The molecule has 1 aromatic carbocycles. The summed E-state index contributed by atoms with van der Waals surface area (Å²) in [7, 11) is 2.23. The van der Waals surface area contributed by atoms with E-state index in [1.54, 1.807) is 11.3 Å². The van der Waals surface area contributed by atoms with Gasteiger partial charge < -0.3 is 10.2 Å². The van der Waals surface area contributed by atoms with Crippen LogP contribution >= 0.6 is 11.3 Å². The van der Waals surface area contributed by atoms with Gasteiger partial charge in [-0.25, -0.2) is 0 Å². The minimum absolute atomic E-state index is 0.0806. The molecule has 3 heterocycles. The molecule has 1 unspecified atom stereocenters.